The molecule has 104 valence electrons. The summed E-state index contributed by atoms with van der Waals surface area (Å²) < 4.78 is 27.2. The fourth-order valence-corrected chi connectivity index (χ4v) is 3.66. The molecule has 0 saturated heterocycles. The lowest BCUT2D eigenvalue weighted by molar-refractivity contribution is 0.580. The lowest BCUT2D eigenvalue weighted by Gasteiger charge is -2.08. The van der Waals surface area contributed by atoms with E-state index in [-0.39, 0.29) is 22.7 Å². The molecule has 5 nitrogen and oxygen atoms in total. The summed E-state index contributed by atoms with van der Waals surface area (Å²) in [4.78, 5) is 3.85. The van der Waals surface area contributed by atoms with Crippen molar-refractivity contribution < 1.29 is 8.42 Å². The van der Waals surface area contributed by atoms with Gasteiger partial charge in [0.1, 0.15) is 10.7 Å². The minimum atomic E-state index is -3.61. The van der Waals surface area contributed by atoms with Gasteiger partial charge in [0.2, 0.25) is 10.0 Å². The van der Waals surface area contributed by atoms with E-state index in [0.29, 0.717) is 0 Å². The number of nitrogens with two attached hydrogens (primary N) is 1. The molecule has 20 heavy (non-hydrogen) atoms. The summed E-state index contributed by atoms with van der Waals surface area (Å²) in [6, 6.07) is 12.8. The molecule has 1 aliphatic rings. The van der Waals surface area contributed by atoms with Crippen LogP contribution in [0.4, 0.5) is 5.82 Å². The van der Waals surface area contributed by atoms with E-state index in [1.165, 1.54) is 12.3 Å². The second-order valence-corrected chi connectivity index (χ2v) is 6.55. The minimum Gasteiger partial charge on any atom is -0.383 e. The fraction of sp³-hybridized carbons (Fsp3) is 0.214. The van der Waals surface area contributed by atoms with Gasteiger partial charge in [-0.05, 0) is 24.1 Å². The zero-order chi connectivity index (χ0) is 14.2. The maximum Gasteiger partial charge on any atom is 0.244 e. The summed E-state index contributed by atoms with van der Waals surface area (Å²) in [5, 5.41) is 0. The average Bonchev–Trinajstić information content (AvgIpc) is 3.18. The maximum absolute atomic E-state index is 12.2. The molecule has 6 heteroatoms. The Kier molecular flexibility index (Phi) is 3.19. The van der Waals surface area contributed by atoms with Crippen molar-refractivity contribution in [2.75, 3.05) is 5.73 Å². The predicted molar refractivity (Wildman–Crippen MR) is 76.6 cm³/mol. The van der Waals surface area contributed by atoms with E-state index in [1.54, 1.807) is 6.07 Å². The van der Waals surface area contributed by atoms with Gasteiger partial charge >= 0.3 is 0 Å². The van der Waals surface area contributed by atoms with Gasteiger partial charge in [0.15, 0.2) is 0 Å². The number of hydrogen-bond donors (Lipinski definition) is 2. The van der Waals surface area contributed by atoms with Gasteiger partial charge in [-0.1, -0.05) is 30.3 Å². The first-order valence-corrected chi connectivity index (χ1v) is 7.84. The van der Waals surface area contributed by atoms with E-state index in [9.17, 15) is 8.42 Å². The molecule has 1 heterocycles. The summed E-state index contributed by atoms with van der Waals surface area (Å²) in [7, 11) is -3.61. The Morgan fingerprint density at radius 1 is 1.15 bits per heavy atom. The van der Waals surface area contributed by atoms with Gasteiger partial charge in [-0.3, -0.25) is 0 Å². The zero-order valence-electron chi connectivity index (χ0n) is 10.7. The average molecular weight is 289 g/mol. The molecular weight excluding hydrogens is 274 g/mol. The van der Waals surface area contributed by atoms with Crippen molar-refractivity contribution in [2.45, 2.75) is 23.3 Å². The molecule has 2 unspecified atom stereocenters. The molecule has 1 fully saturated rings. The molecule has 3 rings (SSSR count). The van der Waals surface area contributed by atoms with Crippen LogP contribution in [0.2, 0.25) is 0 Å². The topological polar surface area (TPSA) is 85.1 Å². The van der Waals surface area contributed by atoms with Gasteiger partial charge in [-0.25, -0.2) is 18.1 Å². The first-order valence-electron chi connectivity index (χ1n) is 6.36. The summed E-state index contributed by atoms with van der Waals surface area (Å²) >= 11 is 0. The van der Waals surface area contributed by atoms with Gasteiger partial charge in [-0.2, -0.15) is 0 Å². The molecule has 1 aromatic carbocycles. The number of sulfonamides is 1. The molecule has 0 bridgehead atoms. The third kappa shape index (κ3) is 2.52. The van der Waals surface area contributed by atoms with E-state index in [0.717, 1.165) is 12.0 Å². The second-order valence-electron chi connectivity index (χ2n) is 4.87. The van der Waals surface area contributed by atoms with Crippen molar-refractivity contribution in [1.82, 2.24) is 9.71 Å². The van der Waals surface area contributed by atoms with E-state index in [1.807, 2.05) is 30.3 Å². The number of rotatable bonds is 4. The van der Waals surface area contributed by atoms with E-state index in [4.69, 9.17) is 5.73 Å². The smallest absolute Gasteiger partial charge is 0.244 e. The highest BCUT2D eigenvalue weighted by molar-refractivity contribution is 7.89. The van der Waals surface area contributed by atoms with Crippen LogP contribution in [-0.4, -0.2) is 19.4 Å². The van der Waals surface area contributed by atoms with Crippen LogP contribution in [0.15, 0.2) is 53.6 Å². The number of aromatic nitrogens is 1. The molecule has 1 saturated carbocycles. The molecule has 2 aromatic rings. The SMILES string of the molecule is Nc1ncccc1S(=O)(=O)NC1CC1c1ccccc1. The van der Waals surface area contributed by atoms with Crippen LogP contribution in [0, 0.1) is 0 Å². The van der Waals surface area contributed by atoms with Crippen molar-refractivity contribution in [3.63, 3.8) is 0 Å². The first-order chi connectivity index (χ1) is 9.58. The molecular formula is C14H15N3O2S. The second kappa shape index (κ2) is 4.88. The number of anilines is 1. The van der Waals surface area contributed by atoms with Gasteiger partial charge in [0, 0.05) is 18.2 Å². The van der Waals surface area contributed by atoms with Crippen LogP contribution in [0.5, 0.6) is 0 Å². The van der Waals surface area contributed by atoms with Crippen LogP contribution in [-0.2, 0) is 10.0 Å². The summed E-state index contributed by atoms with van der Waals surface area (Å²) in [5.41, 5.74) is 6.77. The number of pyridine rings is 1. The van der Waals surface area contributed by atoms with Crippen molar-refractivity contribution in [2.24, 2.45) is 0 Å². The summed E-state index contributed by atoms with van der Waals surface area (Å²) in [6.45, 7) is 0. The lowest BCUT2D eigenvalue weighted by Crippen LogP contribution is -2.27. The Morgan fingerprint density at radius 2 is 1.90 bits per heavy atom. The fourth-order valence-electron chi connectivity index (χ4n) is 2.29. The number of hydrogen-bond acceptors (Lipinski definition) is 4. The van der Waals surface area contributed by atoms with E-state index < -0.39 is 10.0 Å². The number of nitrogens with zero attached hydrogens (tertiary/aromatic N) is 1. The normalized spacial score (nSPS) is 21.6. The molecule has 3 N–H and O–H groups in total. The predicted octanol–water partition coefficient (Wildman–Crippen LogP) is 1.50. The van der Waals surface area contributed by atoms with Crippen LogP contribution >= 0.6 is 0 Å². The highest BCUT2D eigenvalue weighted by atomic mass is 32.2. The third-order valence-corrected chi connectivity index (χ3v) is 4.95. The van der Waals surface area contributed by atoms with Crippen molar-refractivity contribution in [1.29, 1.82) is 0 Å². The Hall–Kier alpha value is -1.92. The molecule has 0 spiro atoms. The number of nitrogen functional groups attached to an aromatic ring is 1. The largest absolute Gasteiger partial charge is 0.383 e. The quantitative estimate of drug-likeness (QED) is 0.893. The van der Waals surface area contributed by atoms with Crippen LogP contribution in [0.3, 0.4) is 0 Å². The Bertz CT molecular complexity index is 716. The number of benzene rings is 1. The molecule has 1 aromatic heterocycles. The lowest BCUT2D eigenvalue weighted by atomic mass is 10.1. The van der Waals surface area contributed by atoms with Crippen molar-refractivity contribution in [3.8, 4) is 0 Å². The number of nitrogens with one attached hydrogen (secondary N) is 1. The molecule has 0 aliphatic heterocycles. The third-order valence-electron chi connectivity index (χ3n) is 3.41. The Labute approximate surface area is 117 Å². The van der Waals surface area contributed by atoms with Gasteiger partial charge in [0.05, 0.1) is 0 Å². The van der Waals surface area contributed by atoms with Gasteiger partial charge in [0.25, 0.3) is 0 Å². The summed E-state index contributed by atoms with van der Waals surface area (Å²) in [6.07, 6.45) is 2.28. The highest BCUT2D eigenvalue weighted by Gasteiger charge is 2.41. The monoisotopic (exact) mass is 289 g/mol. The highest BCUT2D eigenvalue weighted by Crippen LogP contribution is 2.41. The molecule has 0 amide bonds. The molecule has 0 radical (unpaired) electrons. The van der Waals surface area contributed by atoms with Crippen LogP contribution in [0.1, 0.15) is 17.9 Å². The van der Waals surface area contributed by atoms with E-state index >= 15 is 0 Å². The Morgan fingerprint density at radius 3 is 2.60 bits per heavy atom. The van der Waals surface area contributed by atoms with Gasteiger partial charge in [-0.15, -0.1) is 0 Å². The van der Waals surface area contributed by atoms with Crippen molar-refractivity contribution in [3.05, 3.63) is 54.2 Å². The zero-order valence-corrected chi connectivity index (χ0v) is 11.5. The van der Waals surface area contributed by atoms with Crippen LogP contribution < -0.4 is 10.5 Å². The summed E-state index contributed by atoms with van der Waals surface area (Å²) in [5.74, 6) is 0.265. The van der Waals surface area contributed by atoms with Crippen molar-refractivity contribution >= 4 is 15.8 Å². The van der Waals surface area contributed by atoms with Crippen LogP contribution in [0.25, 0.3) is 0 Å². The maximum atomic E-state index is 12.2. The molecule has 1 aliphatic carbocycles. The van der Waals surface area contributed by atoms with Gasteiger partial charge < -0.3 is 5.73 Å². The standard InChI is InChI=1S/C14H15N3O2S/c15-14-13(7-4-8-16-14)20(18,19)17-12-9-11(12)10-5-2-1-3-6-10/h1-8,11-12,17H,9H2,(H2,15,16). The Balaban J connectivity index is 1.75. The molecule has 2 atom stereocenters. The first kappa shape index (κ1) is 13.1. The van der Waals surface area contributed by atoms with E-state index in [2.05, 4.69) is 9.71 Å². The minimum absolute atomic E-state index is 0.0249.